The third kappa shape index (κ3) is 4.43. The van der Waals surface area contributed by atoms with Crippen LogP contribution in [0.2, 0.25) is 0 Å². The number of nitrogens with zero attached hydrogens (tertiary/aromatic N) is 3. The van der Waals surface area contributed by atoms with Crippen molar-refractivity contribution in [3.63, 3.8) is 0 Å². The quantitative estimate of drug-likeness (QED) is 0.420. The monoisotopic (exact) mass is 410 g/mol. The van der Waals surface area contributed by atoms with Crippen molar-refractivity contribution in [2.24, 2.45) is 0 Å². The van der Waals surface area contributed by atoms with Gasteiger partial charge in [-0.2, -0.15) is 16.4 Å². The number of nitrogens with one attached hydrogen (secondary N) is 1. The van der Waals surface area contributed by atoms with E-state index in [1.54, 1.807) is 22.7 Å². The maximum Gasteiger partial charge on any atom is 0.183 e. The first-order chi connectivity index (χ1) is 13.7. The molecule has 0 saturated heterocycles. The molecule has 0 saturated carbocycles. The number of thiazole rings is 1. The van der Waals surface area contributed by atoms with Crippen LogP contribution in [0.4, 0.5) is 5.13 Å². The third-order valence-electron chi connectivity index (χ3n) is 4.27. The highest BCUT2D eigenvalue weighted by Gasteiger charge is 2.12. The zero-order chi connectivity index (χ0) is 19.3. The smallest absolute Gasteiger partial charge is 0.183 e. The molecule has 0 aliphatic heterocycles. The maximum absolute atomic E-state index is 5.49. The van der Waals surface area contributed by atoms with Crippen LogP contribution in [0.5, 0.6) is 5.75 Å². The Morgan fingerprint density at radius 3 is 2.71 bits per heavy atom. The zero-order valence-corrected chi connectivity index (χ0v) is 17.5. The summed E-state index contributed by atoms with van der Waals surface area (Å²) < 4.78 is 7.46. The summed E-state index contributed by atoms with van der Waals surface area (Å²) in [6.07, 6.45) is 2.03. The molecular weight excluding hydrogens is 388 g/mol. The summed E-state index contributed by atoms with van der Waals surface area (Å²) >= 11 is 3.35. The van der Waals surface area contributed by atoms with Crippen LogP contribution < -0.4 is 10.1 Å². The van der Waals surface area contributed by atoms with Gasteiger partial charge in [0.25, 0.3) is 0 Å². The van der Waals surface area contributed by atoms with Crippen molar-refractivity contribution in [1.82, 2.24) is 14.8 Å². The van der Waals surface area contributed by atoms with Gasteiger partial charge in [0.2, 0.25) is 0 Å². The van der Waals surface area contributed by atoms with Gasteiger partial charge in [-0.05, 0) is 60.0 Å². The molecule has 0 atom stereocenters. The van der Waals surface area contributed by atoms with Crippen LogP contribution in [-0.4, -0.2) is 21.4 Å². The average molecular weight is 411 g/mol. The normalized spacial score (nSPS) is 10.9. The first kappa shape index (κ1) is 18.7. The van der Waals surface area contributed by atoms with Gasteiger partial charge in [-0.3, -0.25) is 4.68 Å². The van der Waals surface area contributed by atoms with Gasteiger partial charge >= 0.3 is 0 Å². The lowest BCUT2D eigenvalue weighted by Crippen LogP contribution is -1.99. The fraction of sp³-hybridized carbons (Fsp3) is 0.238. The highest BCUT2D eigenvalue weighted by atomic mass is 32.1. The molecule has 0 aliphatic rings. The molecule has 28 heavy (non-hydrogen) atoms. The Morgan fingerprint density at radius 1 is 1.11 bits per heavy atom. The Hall–Kier alpha value is -2.64. The number of benzene rings is 1. The Balaban J connectivity index is 1.41. The number of hydrogen-bond acceptors (Lipinski definition) is 6. The van der Waals surface area contributed by atoms with E-state index in [-0.39, 0.29) is 0 Å². The van der Waals surface area contributed by atoms with Gasteiger partial charge in [0.15, 0.2) is 5.13 Å². The number of ether oxygens (including phenoxy) is 1. The van der Waals surface area contributed by atoms with E-state index in [1.165, 1.54) is 11.1 Å². The van der Waals surface area contributed by atoms with Gasteiger partial charge in [-0.15, -0.1) is 0 Å². The molecule has 1 N–H and O–H groups in total. The first-order valence-corrected chi connectivity index (χ1v) is 10.9. The summed E-state index contributed by atoms with van der Waals surface area (Å²) in [5.41, 5.74) is 4.44. The third-order valence-corrected chi connectivity index (χ3v) is 6.14. The van der Waals surface area contributed by atoms with E-state index in [0.29, 0.717) is 6.61 Å². The second-order valence-corrected chi connectivity index (χ2v) is 8.17. The van der Waals surface area contributed by atoms with Gasteiger partial charge < -0.3 is 10.1 Å². The molecule has 0 radical (unpaired) electrons. The van der Waals surface area contributed by atoms with Crippen LogP contribution in [0.1, 0.15) is 23.7 Å². The van der Waals surface area contributed by atoms with Gasteiger partial charge in [0, 0.05) is 12.7 Å². The Labute approximate surface area is 172 Å². The largest absolute Gasteiger partial charge is 0.494 e. The fourth-order valence-corrected chi connectivity index (χ4v) is 4.48. The van der Waals surface area contributed by atoms with Crippen LogP contribution in [0.3, 0.4) is 0 Å². The molecule has 0 unspecified atom stereocenters. The van der Waals surface area contributed by atoms with E-state index in [4.69, 9.17) is 9.84 Å². The van der Waals surface area contributed by atoms with Gasteiger partial charge in [0.1, 0.15) is 11.4 Å². The highest BCUT2D eigenvalue weighted by Crippen LogP contribution is 2.32. The van der Waals surface area contributed by atoms with Crippen molar-refractivity contribution >= 4 is 27.8 Å². The van der Waals surface area contributed by atoms with Crippen LogP contribution in [0.25, 0.3) is 10.6 Å². The average Bonchev–Trinajstić information content (AvgIpc) is 3.44. The molecular formula is C21H22N4OS2. The van der Waals surface area contributed by atoms with Crippen molar-refractivity contribution in [2.75, 3.05) is 11.9 Å². The summed E-state index contributed by atoms with van der Waals surface area (Å²) in [7, 11) is 0. The minimum absolute atomic E-state index is 0.682. The van der Waals surface area contributed by atoms with Crippen LogP contribution in [-0.2, 0) is 13.1 Å². The zero-order valence-electron chi connectivity index (χ0n) is 15.9. The predicted molar refractivity (Wildman–Crippen MR) is 116 cm³/mol. The van der Waals surface area contributed by atoms with Crippen molar-refractivity contribution < 1.29 is 4.74 Å². The Kier molecular flexibility index (Phi) is 5.73. The summed E-state index contributed by atoms with van der Waals surface area (Å²) in [5.74, 6) is 0.900. The topological polar surface area (TPSA) is 52.0 Å². The molecule has 4 rings (SSSR count). The molecule has 3 heterocycles. The lowest BCUT2D eigenvalue weighted by atomic mass is 10.2. The molecule has 0 amide bonds. The highest BCUT2D eigenvalue weighted by molar-refractivity contribution is 7.19. The van der Waals surface area contributed by atoms with Crippen molar-refractivity contribution in [3.05, 3.63) is 70.2 Å². The van der Waals surface area contributed by atoms with E-state index < -0.39 is 0 Å². The molecule has 3 aromatic heterocycles. The second kappa shape index (κ2) is 8.58. The molecule has 5 nitrogen and oxygen atoms in total. The van der Waals surface area contributed by atoms with Crippen molar-refractivity contribution in [3.8, 4) is 16.3 Å². The van der Waals surface area contributed by atoms with E-state index in [0.717, 1.165) is 40.2 Å². The number of anilines is 1. The van der Waals surface area contributed by atoms with Crippen LogP contribution in [0.15, 0.2) is 53.4 Å². The molecule has 0 aliphatic carbocycles. The molecule has 7 heteroatoms. The number of thiophene rings is 1. The summed E-state index contributed by atoms with van der Waals surface area (Å²) in [4.78, 5) is 5.78. The van der Waals surface area contributed by atoms with E-state index in [1.807, 2.05) is 36.9 Å². The second-order valence-electron chi connectivity index (χ2n) is 6.39. The lowest BCUT2D eigenvalue weighted by molar-refractivity contribution is 0.340. The standard InChI is InChI=1S/C21H22N4OS2/c1-3-26-18-6-4-16(5-7-18)12-22-21-23-15(2)20(28-21)19-8-10-25(24-19)13-17-9-11-27-14-17/h4-11,14H,3,12-13H2,1-2H3,(H,22,23). The molecule has 0 spiro atoms. The number of aromatic nitrogens is 3. The van der Waals surface area contributed by atoms with Gasteiger partial charge in [0.05, 0.1) is 23.7 Å². The van der Waals surface area contributed by atoms with Crippen LogP contribution in [0, 0.1) is 6.92 Å². The number of rotatable bonds is 8. The maximum atomic E-state index is 5.49. The summed E-state index contributed by atoms with van der Waals surface area (Å²) in [6, 6.07) is 12.3. The Morgan fingerprint density at radius 2 is 1.96 bits per heavy atom. The van der Waals surface area contributed by atoms with Gasteiger partial charge in [-0.25, -0.2) is 4.98 Å². The van der Waals surface area contributed by atoms with E-state index >= 15 is 0 Å². The lowest BCUT2D eigenvalue weighted by Gasteiger charge is -2.05. The molecule has 4 aromatic rings. The van der Waals surface area contributed by atoms with Gasteiger partial charge in [-0.1, -0.05) is 23.5 Å². The Bertz CT molecular complexity index is 1020. The first-order valence-electron chi connectivity index (χ1n) is 9.19. The minimum Gasteiger partial charge on any atom is -0.494 e. The van der Waals surface area contributed by atoms with E-state index in [9.17, 15) is 0 Å². The molecule has 0 bridgehead atoms. The van der Waals surface area contributed by atoms with Crippen molar-refractivity contribution in [2.45, 2.75) is 26.9 Å². The van der Waals surface area contributed by atoms with Crippen molar-refractivity contribution in [1.29, 1.82) is 0 Å². The molecule has 0 fully saturated rings. The minimum atomic E-state index is 0.682. The SMILES string of the molecule is CCOc1ccc(CNc2nc(C)c(-c3ccn(Cc4ccsc4)n3)s2)cc1. The molecule has 1 aromatic carbocycles. The summed E-state index contributed by atoms with van der Waals surface area (Å²) in [5, 5.41) is 13.3. The fourth-order valence-electron chi connectivity index (χ4n) is 2.90. The summed E-state index contributed by atoms with van der Waals surface area (Å²) in [6.45, 7) is 6.23. The number of hydrogen-bond donors (Lipinski definition) is 1. The number of aryl methyl sites for hydroxylation is 1. The van der Waals surface area contributed by atoms with E-state index in [2.05, 4.69) is 45.3 Å². The predicted octanol–water partition coefficient (Wildman–Crippen LogP) is 5.44. The molecule has 144 valence electrons. The van der Waals surface area contributed by atoms with Crippen LogP contribution >= 0.6 is 22.7 Å².